The van der Waals surface area contributed by atoms with Crippen LogP contribution in [0.5, 0.6) is 5.75 Å². The summed E-state index contributed by atoms with van der Waals surface area (Å²) in [5, 5.41) is 0. The Morgan fingerprint density at radius 3 is 2.47 bits per heavy atom. The number of nitrogens with two attached hydrogens (primary N) is 1. The second-order valence-corrected chi connectivity index (χ2v) is 5.44. The highest BCUT2D eigenvalue weighted by atomic mass is 32.2. The van der Waals surface area contributed by atoms with Gasteiger partial charge in [-0.2, -0.15) is 0 Å². The van der Waals surface area contributed by atoms with Gasteiger partial charge in [0, 0.05) is 5.69 Å². The van der Waals surface area contributed by atoms with Gasteiger partial charge in [-0.3, -0.25) is 4.21 Å². The number of nitrogen functional groups attached to an aromatic ring is 1. The van der Waals surface area contributed by atoms with Crippen molar-refractivity contribution < 1.29 is 13.3 Å². The molecule has 100 valence electrons. The van der Waals surface area contributed by atoms with E-state index in [4.69, 9.17) is 10.5 Å². The minimum Gasteiger partial charge on any atom is -0.493 e. The standard InChI is InChI=1S/C14H14FNO2S/c15-13-3-1-2-4-14(13)19(17)10-9-18-12-7-5-11(16)6-8-12/h1-8H,9-10,16H2. The monoisotopic (exact) mass is 279 g/mol. The van der Waals surface area contributed by atoms with Gasteiger partial charge in [-0.1, -0.05) is 12.1 Å². The van der Waals surface area contributed by atoms with Crippen molar-refractivity contribution in [2.75, 3.05) is 18.1 Å². The van der Waals surface area contributed by atoms with Crippen LogP contribution < -0.4 is 10.5 Å². The highest BCUT2D eigenvalue weighted by molar-refractivity contribution is 7.85. The van der Waals surface area contributed by atoms with Crippen molar-refractivity contribution in [3.8, 4) is 5.75 Å². The Morgan fingerprint density at radius 2 is 1.79 bits per heavy atom. The van der Waals surface area contributed by atoms with Crippen LogP contribution in [0.25, 0.3) is 0 Å². The number of benzene rings is 2. The zero-order valence-electron chi connectivity index (χ0n) is 10.2. The third-order valence-electron chi connectivity index (χ3n) is 2.50. The van der Waals surface area contributed by atoms with Crippen LogP contribution in [0.3, 0.4) is 0 Å². The third kappa shape index (κ3) is 3.79. The van der Waals surface area contributed by atoms with Crippen LogP contribution >= 0.6 is 0 Å². The minimum atomic E-state index is -1.40. The SMILES string of the molecule is Nc1ccc(OCCS(=O)c2ccccc2F)cc1. The van der Waals surface area contributed by atoms with Gasteiger partial charge in [0.1, 0.15) is 18.2 Å². The van der Waals surface area contributed by atoms with Crippen LogP contribution in [0.4, 0.5) is 10.1 Å². The first-order valence-electron chi connectivity index (χ1n) is 5.78. The van der Waals surface area contributed by atoms with Crippen LogP contribution in [0.2, 0.25) is 0 Å². The van der Waals surface area contributed by atoms with Gasteiger partial charge in [-0.15, -0.1) is 0 Å². The molecule has 0 aliphatic heterocycles. The van der Waals surface area contributed by atoms with Crippen LogP contribution in [0.1, 0.15) is 0 Å². The second kappa shape index (κ2) is 6.33. The molecule has 0 aliphatic carbocycles. The molecule has 2 aromatic carbocycles. The number of ether oxygens (including phenoxy) is 1. The van der Waals surface area contributed by atoms with E-state index in [0.717, 1.165) is 0 Å². The molecule has 0 saturated carbocycles. The molecule has 0 radical (unpaired) electrons. The maximum Gasteiger partial charge on any atom is 0.139 e. The van der Waals surface area contributed by atoms with E-state index in [9.17, 15) is 8.60 Å². The van der Waals surface area contributed by atoms with Crippen molar-refractivity contribution >= 4 is 16.5 Å². The lowest BCUT2D eigenvalue weighted by molar-refractivity contribution is 0.342. The number of halogens is 1. The van der Waals surface area contributed by atoms with E-state index in [1.165, 1.54) is 12.1 Å². The average Bonchev–Trinajstić information content (AvgIpc) is 2.41. The van der Waals surface area contributed by atoms with Gasteiger partial charge < -0.3 is 10.5 Å². The molecule has 0 heterocycles. The zero-order chi connectivity index (χ0) is 13.7. The Morgan fingerprint density at radius 1 is 1.11 bits per heavy atom. The van der Waals surface area contributed by atoms with Crippen molar-refractivity contribution in [1.29, 1.82) is 0 Å². The molecule has 2 aromatic rings. The largest absolute Gasteiger partial charge is 0.493 e. The Hall–Kier alpha value is -1.88. The summed E-state index contributed by atoms with van der Waals surface area (Å²) in [5.41, 5.74) is 6.21. The Balaban J connectivity index is 1.88. The van der Waals surface area contributed by atoms with E-state index >= 15 is 0 Å². The van der Waals surface area contributed by atoms with Crippen molar-refractivity contribution in [2.45, 2.75) is 4.90 Å². The molecule has 3 nitrogen and oxygen atoms in total. The first kappa shape index (κ1) is 13.5. The molecule has 1 unspecified atom stereocenters. The van der Waals surface area contributed by atoms with Crippen molar-refractivity contribution in [3.05, 3.63) is 54.3 Å². The predicted molar refractivity (Wildman–Crippen MR) is 74.0 cm³/mol. The van der Waals surface area contributed by atoms with E-state index < -0.39 is 16.6 Å². The minimum absolute atomic E-state index is 0.211. The van der Waals surface area contributed by atoms with Gasteiger partial charge in [0.2, 0.25) is 0 Å². The lowest BCUT2D eigenvalue weighted by Gasteiger charge is -2.07. The molecule has 0 amide bonds. The summed E-state index contributed by atoms with van der Waals surface area (Å²) in [4.78, 5) is 0.211. The van der Waals surface area contributed by atoms with E-state index in [-0.39, 0.29) is 17.3 Å². The van der Waals surface area contributed by atoms with Crippen LogP contribution in [0.15, 0.2) is 53.4 Å². The normalized spacial score (nSPS) is 12.1. The van der Waals surface area contributed by atoms with Gasteiger partial charge in [0.25, 0.3) is 0 Å². The average molecular weight is 279 g/mol. The van der Waals surface area contributed by atoms with Crippen molar-refractivity contribution in [2.24, 2.45) is 0 Å². The lowest BCUT2D eigenvalue weighted by atomic mass is 10.3. The third-order valence-corrected chi connectivity index (χ3v) is 3.86. The molecule has 0 bridgehead atoms. The lowest BCUT2D eigenvalue weighted by Crippen LogP contribution is -2.09. The van der Waals surface area contributed by atoms with Gasteiger partial charge in [-0.05, 0) is 36.4 Å². The summed E-state index contributed by atoms with van der Waals surface area (Å²) in [7, 11) is -1.40. The number of hydrogen-bond acceptors (Lipinski definition) is 3. The molecular formula is C14H14FNO2S. The smallest absolute Gasteiger partial charge is 0.139 e. The first-order valence-corrected chi connectivity index (χ1v) is 7.10. The summed E-state index contributed by atoms with van der Waals surface area (Å²) in [6.45, 7) is 0.255. The Labute approximate surface area is 113 Å². The first-order chi connectivity index (χ1) is 9.16. The second-order valence-electron chi connectivity index (χ2n) is 3.90. The van der Waals surface area contributed by atoms with Crippen LogP contribution in [-0.4, -0.2) is 16.6 Å². The molecule has 0 saturated heterocycles. The topological polar surface area (TPSA) is 52.3 Å². The highest BCUT2D eigenvalue weighted by Crippen LogP contribution is 2.14. The van der Waals surface area contributed by atoms with Crippen LogP contribution in [0, 0.1) is 5.82 Å². The maximum absolute atomic E-state index is 13.4. The van der Waals surface area contributed by atoms with E-state index in [1.54, 1.807) is 36.4 Å². The summed E-state index contributed by atoms with van der Waals surface area (Å²) in [6, 6.07) is 13.0. The van der Waals surface area contributed by atoms with Gasteiger partial charge in [-0.25, -0.2) is 4.39 Å². The Bertz CT molecular complexity index is 572. The fourth-order valence-corrected chi connectivity index (χ4v) is 2.51. The summed E-state index contributed by atoms with van der Waals surface area (Å²) in [6.07, 6.45) is 0. The van der Waals surface area contributed by atoms with Gasteiger partial charge >= 0.3 is 0 Å². The summed E-state index contributed by atoms with van der Waals surface area (Å²) < 4.78 is 30.7. The summed E-state index contributed by atoms with van der Waals surface area (Å²) >= 11 is 0. The Kier molecular flexibility index (Phi) is 4.52. The molecule has 2 N–H and O–H groups in total. The fraction of sp³-hybridized carbons (Fsp3) is 0.143. The molecule has 19 heavy (non-hydrogen) atoms. The predicted octanol–water partition coefficient (Wildman–Crippen LogP) is 2.59. The van der Waals surface area contributed by atoms with E-state index in [2.05, 4.69) is 0 Å². The fourth-order valence-electron chi connectivity index (χ4n) is 1.54. The molecule has 1 atom stereocenters. The molecule has 0 aromatic heterocycles. The number of hydrogen-bond donors (Lipinski definition) is 1. The number of anilines is 1. The number of rotatable bonds is 5. The van der Waals surface area contributed by atoms with E-state index in [0.29, 0.717) is 11.4 Å². The van der Waals surface area contributed by atoms with Gasteiger partial charge in [0.15, 0.2) is 0 Å². The van der Waals surface area contributed by atoms with E-state index in [1.807, 2.05) is 0 Å². The molecule has 0 fully saturated rings. The maximum atomic E-state index is 13.4. The van der Waals surface area contributed by atoms with Crippen molar-refractivity contribution in [1.82, 2.24) is 0 Å². The molecule has 5 heteroatoms. The molecular weight excluding hydrogens is 265 g/mol. The van der Waals surface area contributed by atoms with Crippen LogP contribution in [-0.2, 0) is 10.8 Å². The van der Waals surface area contributed by atoms with Gasteiger partial charge in [0.05, 0.1) is 21.4 Å². The zero-order valence-corrected chi connectivity index (χ0v) is 11.0. The molecule has 0 spiro atoms. The molecule has 2 rings (SSSR count). The highest BCUT2D eigenvalue weighted by Gasteiger charge is 2.09. The summed E-state index contributed by atoms with van der Waals surface area (Å²) in [5.74, 6) is 0.443. The quantitative estimate of drug-likeness (QED) is 0.856. The van der Waals surface area contributed by atoms with Crippen molar-refractivity contribution in [3.63, 3.8) is 0 Å². The molecule has 0 aliphatic rings.